The van der Waals surface area contributed by atoms with Crippen molar-refractivity contribution in [1.29, 1.82) is 0 Å². The maximum Gasteiger partial charge on any atom is 0.229 e. The first kappa shape index (κ1) is 18.2. The lowest BCUT2D eigenvalue weighted by Gasteiger charge is -2.43. The summed E-state index contributed by atoms with van der Waals surface area (Å²) in [6.45, 7) is 0. The van der Waals surface area contributed by atoms with Crippen molar-refractivity contribution in [3.63, 3.8) is 0 Å². The molecule has 0 bridgehead atoms. The lowest BCUT2D eigenvalue weighted by molar-refractivity contribution is -0.124. The van der Waals surface area contributed by atoms with Crippen LogP contribution in [-0.2, 0) is 4.79 Å². The van der Waals surface area contributed by atoms with Crippen LogP contribution in [0.4, 0.5) is 0 Å². The van der Waals surface area contributed by atoms with E-state index in [1.54, 1.807) is 0 Å². The number of rotatable bonds is 3. The zero-order valence-corrected chi connectivity index (χ0v) is 15.9. The number of carbonyl (C=O) groups is 1. The fourth-order valence-electron chi connectivity index (χ4n) is 4.98. The highest BCUT2D eigenvalue weighted by molar-refractivity contribution is 7.80. The standard InChI is InChI=1S/C20H34N2OS/c23-19(16-10-4-1-5-11-16)21-20(24)22(17-12-6-2-7-13-17)18-14-8-3-9-15-18/h16-18H,1-15H2,(H,21,23,24). The second-order valence-electron chi connectivity index (χ2n) is 8.12. The Morgan fingerprint density at radius 3 is 1.58 bits per heavy atom. The van der Waals surface area contributed by atoms with Crippen LogP contribution in [0.25, 0.3) is 0 Å². The van der Waals surface area contributed by atoms with Crippen LogP contribution in [0.1, 0.15) is 96.3 Å². The highest BCUT2D eigenvalue weighted by Gasteiger charge is 2.32. The average Bonchev–Trinajstić information content (AvgIpc) is 2.64. The summed E-state index contributed by atoms with van der Waals surface area (Å²) in [6.07, 6.45) is 18.7. The Hall–Kier alpha value is -0.640. The van der Waals surface area contributed by atoms with E-state index in [-0.39, 0.29) is 11.8 Å². The molecule has 0 heterocycles. The highest BCUT2D eigenvalue weighted by Crippen LogP contribution is 2.30. The van der Waals surface area contributed by atoms with E-state index in [0.29, 0.717) is 12.1 Å². The van der Waals surface area contributed by atoms with Crippen molar-refractivity contribution in [1.82, 2.24) is 10.2 Å². The third-order valence-corrected chi connectivity index (χ3v) is 6.69. The first-order valence-electron chi connectivity index (χ1n) is 10.4. The molecule has 1 N–H and O–H groups in total. The summed E-state index contributed by atoms with van der Waals surface area (Å²) in [5, 5.41) is 3.90. The van der Waals surface area contributed by atoms with Gasteiger partial charge in [-0.2, -0.15) is 0 Å². The number of hydrogen-bond acceptors (Lipinski definition) is 2. The van der Waals surface area contributed by atoms with Gasteiger partial charge in [0.1, 0.15) is 0 Å². The molecular formula is C20H34N2OS. The summed E-state index contributed by atoms with van der Waals surface area (Å²) in [5.74, 6) is 0.382. The molecule has 0 atom stereocenters. The maximum atomic E-state index is 12.7. The molecular weight excluding hydrogens is 316 g/mol. The number of nitrogens with zero attached hydrogens (tertiary/aromatic N) is 1. The quantitative estimate of drug-likeness (QED) is 0.732. The van der Waals surface area contributed by atoms with E-state index in [9.17, 15) is 4.79 Å². The maximum absolute atomic E-state index is 12.7. The molecule has 0 spiro atoms. The summed E-state index contributed by atoms with van der Waals surface area (Å²) in [4.78, 5) is 15.1. The van der Waals surface area contributed by atoms with Gasteiger partial charge in [-0.3, -0.25) is 4.79 Å². The molecule has 0 aromatic rings. The van der Waals surface area contributed by atoms with E-state index in [1.165, 1.54) is 83.5 Å². The molecule has 24 heavy (non-hydrogen) atoms. The number of nitrogens with one attached hydrogen (secondary N) is 1. The van der Waals surface area contributed by atoms with Crippen LogP contribution in [0.2, 0.25) is 0 Å². The molecule has 0 saturated heterocycles. The Balaban J connectivity index is 1.64. The van der Waals surface area contributed by atoms with E-state index in [0.717, 1.165) is 18.0 Å². The van der Waals surface area contributed by atoms with Gasteiger partial charge in [0.15, 0.2) is 5.11 Å². The molecule has 136 valence electrons. The third-order valence-electron chi connectivity index (χ3n) is 6.38. The van der Waals surface area contributed by atoms with Gasteiger partial charge in [-0.05, 0) is 50.7 Å². The Labute approximate surface area is 152 Å². The van der Waals surface area contributed by atoms with Crippen LogP contribution < -0.4 is 5.32 Å². The third kappa shape index (κ3) is 4.71. The minimum atomic E-state index is 0.191. The van der Waals surface area contributed by atoms with Crippen molar-refractivity contribution in [2.24, 2.45) is 5.92 Å². The summed E-state index contributed by atoms with van der Waals surface area (Å²) < 4.78 is 0. The van der Waals surface area contributed by atoms with Gasteiger partial charge < -0.3 is 10.2 Å². The second kappa shape index (κ2) is 9.17. The number of carbonyl (C=O) groups excluding carboxylic acids is 1. The monoisotopic (exact) mass is 350 g/mol. The molecule has 0 unspecified atom stereocenters. The average molecular weight is 351 g/mol. The van der Waals surface area contributed by atoms with E-state index < -0.39 is 0 Å². The molecule has 3 aliphatic carbocycles. The van der Waals surface area contributed by atoms with Crippen LogP contribution in [0, 0.1) is 5.92 Å². The number of thiocarbonyl (C=S) groups is 1. The molecule has 3 fully saturated rings. The molecule has 1 amide bonds. The van der Waals surface area contributed by atoms with Gasteiger partial charge in [-0.25, -0.2) is 0 Å². The Kier molecular flexibility index (Phi) is 6.94. The Morgan fingerprint density at radius 2 is 1.12 bits per heavy atom. The lowest BCUT2D eigenvalue weighted by atomic mass is 9.88. The van der Waals surface area contributed by atoms with Crippen molar-refractivity contribution < 1.29 is 4.79 Å². The highest BCUT2D eigenvalue weighted by atomic mass is 32.1. The predicted molar refractivity (Wildman–Crippen MR) is 103 cm³/mol. The van der Waals surface area contributed by atoms with Crippen LogP contribution in [-0.4, -0.2) is 28.0 Å². The van der Waals surface area contributed by atoms with Crippen LogP contribution in [0.3, 0.4) is 0 Å². The Morgan fingerprint density at radius 1 is 0.708 bits per heavy atom. The van der Waals surface area contributed by atoms with Gasteiger partial charge in [0.25, 0.3) is 0 Å². The fourth-order valence-corrected chi connectivity index (χ4v) is 5.38. The van der Waals surface area contributed by atoms with Gasteiger partial charge in [0.05, 0.1) is 0 Å². The van der Waals surface area contributed by atoms with Crippen molar-refractivity contribution >= 4 is 23.2 Å². The first-order chi connectivity index (χ1) is 11.8. The molecule has 4 heteroatoms. The smallest absolute Gasteiger partial charge is 0.229 e. The fraction of sp³-hybridized carbons (Fsp3) is 0.900. The molecule has 3 saturated carbocycles. The predicted octanol–water partition coefficient (Wildman–Crippen LogP) is 4.94. The van der Waals surface area contributed by atoms with Crippen LogP contribution >= 0.6 is 12.2 Å². The van der Waals surface area contributed by atoms with Gasteiger partial charge in [-0.15, -0.1) is 0 Å². The van der Waals surface area contributed by atoms with Gasteiger partial charge in [-0.1, -0.05) is 57.8 Å². The lowest BCUT2D eigenvalue weighted by Crippen LogP contribution is -2.54. The zero-order valence-electron chi connectivity index (χ0n) is 15.1. The summed E-state index contributed by atoms with van der Waals surface area (Å²) >= 11 is 5.78. The minimum Gasteiger partial charge on any atom is -0.343 e. The van der Waals surface area contributed by atoms with Gasteiger partial charge >= 0.3 is 0 Å². The summed E-state index contributed by atoms with van der Waals surface area (Å²) in [6, 6.07) is 1.11. The van der Waals surface area contributed by atoms with Crippen LogP contribution in [0.5, 0.6) is 0 Å². The topological polar surface area (TPSA) is 32.3 Å². The van der Waals surface area contributed by atoms with Crippen molar-refractivity contribution in [3.05, 3.63) is 0 Å². The molecule has 3 rings (SSSR count). The molecule has 3 nitrogen and oxygen atoms in total. The van der Waals surface area contributed by atoms with E-state index in [4.69, 9.17) is 12.2 Å². The van der Waals surface area contributed by atoms with E-state index in [2.05, 4.69) is 10.2 Å². The largest absolute Gasteiger partial charge is 0.343 e. The number of hydrogen-bond donors (Lipinski definition) is 1. The van der Waals surface area contributed by atoms with Crippen LogP contribution in [0.15, 0.2) is 0 Å². The van der Waals surface area contributed by atoms with Crippen molar-refractivity contribution in [2.75, 3.05) is 0 Å². The summed E-state index contributed by atoms with van der Waals surface area (Å²) in [5.41, 5.74) is 0. The molecule has 0 aromatic heterocycles. The van der Waals surface area contributed by atoms with Gasteiger partial charge in [0.2, 0.25) is 5.91 Å². The molecule has 0 aromatic carbocycles. The SMILES string of the molecule is O=C(NC(=S)N(C1CCCCC1)C1CCCCC1)C1CCCCC1. The molecule has 3 aliphatic rings. The van der Waals surface area contributed by atoms with Gasteiger partial charge in [0, 0.05) is 18.0 Å². The van der Waals surface area contributed by atoms with Crippen molar-refractivity contribution in [3.8, 4) is 0 Å². The Bertz CT molecular complexity index is 403. The molecule has 0 aliphatic heterocycles. The van der Waals surface area contributed by atoms with E-state index in [1.807, 2.05) is 0 Å². The number of amides is 1. The van der Waals surface area contributed by atoms with Crippen molar-refractivity contribution in [2.45, 2.75) is 108 Å². The van der Waals surface area contributed by atoms with E-state index >= 15 is 0 Å². The molecule has 0 radical (unpaired) electrons. The zero-order chi connectivity index (χ0) is 16.8. The first-order valence-corrected chi connectivity index (χ1v) is 10.8. The minimum absolute atomic E-state index is 0.191. The summed E-state index contributed by atoms with van der Waals surface area (Å²) in [7, 11) is 0. The normalized spacial score (nSPS) is 24.5. The second-order valence-corrected chi connectivity index (χ2v) is 8.51.